The molecule has 19 heavy (non-hydrogen) atoms. The summed E-state index contributed by atoms with van der Waals surface area (Å²) < 4.78 is 6.46. The molecular formula is C13H11BrN2O3. The number of pyridine rings is 1. The Hall–Kier alpha value is -1.95. The highest BCUT2D eigenvalue weighted by Crippen LogP contribution is 2.29. The van der Waals surface area contributed by atoms with Crippen molar-refractivity contribution in [3.8, 4) is 11.6 Å². The zero-order valence-electron chi connectivity index (χ0n) is 10.4. The van der Waals surface area contributed by atoms with Crippen molar-refractivity contribution in [2.24, 2.45) is 0 Å². The van der Waals surface area contributed by atoms with Gasteiger partial charge in [0.25, 0.3) is 5.69 Å². The number of aromatic nitrogens is 1. The third kappa shape index (κ3) is 3.08. The molecule has 1 aromatic heterocycles. The Labute approximate surface area is 118 Å². The minimum Gasteiger partial charge on any atom is -0.438 e. The van der Waals surface area contributed by atoms with Gasteiger partial charge in [0.15, 0.2) is 0 Å². The highest BCUT2D eigenvalue weighted by Gasteiger charge is 2.13. The molecule has 0 saturated heterocycles. The summed E-state index contributed by atoms with van der Waals surface area (Å²) in [7, 11) is 0. The monoisotopic (exact) mass is 322 g/mol. The van der Waals surface area contributed by atoms with Crippen LogP contribution in [0.3, 0.4) is 0 Å². The molecule has 0 bridgehead atoms. The first kappa shape index (κ1) is 13.5. The number of benzene rings is 1. The van der Waals surface area contributed by atoms with Crippen molar-refractivity contribution in [2.45, 2.75) is 13.8 Å². The van der Waals surface area contributed by atoms with Crippen LogP contribution in [0, 0.1) is 24.0 Å². The van der Waals surface area contributed by atoms with Crippen molar-refractivity contribution in [3.63, 3.8) is 0 Å². The molecule has 0 unspecified atom stereocenters. The van der Waals surface area contributed by atoms with E-state index in [0.29, 0.717) is 11.3 Å². The molecule has 0 aliphatic rings. The summed E-state index contributed by atoms with van der Waals surface area (Å²) in [6.07, 6.45) is 1.43. The lowest BCUT2D eigenvalue weighted by Gasteiger charge is -2.08. The molecule has 6 heteroatoms. The Morgan fingerprint density at radius 2 is 2.00 bits per heavy atom. The van der Waals surface area contributed by atoms with E-state index in [-0.39, 0.29) is 11.6 Å². The Morgan fingerprint density at radius 1 is 1.26 bits per heavy atom. The topological polar surface area (TPSA) is 65.3 Å². The van der Waals surface area contributed by atoms with E-state index in [0.717, 1.165) is 10.0 Å². The molecule has 1 aromatic carbocycles. The number of nitro groups is 1. The maximum Gasteiger partial charge on any atom is 0.279 e. The molecule has 0 amide bonds. The van der Waals surface area contributed by atoms with Crippen LogP contribution in [0.15, 0.2) is 34.9 Å². The normalized spacial score (nSPS) is 10.3. The van der Waals surface area contributed by atoms with Gasteiger partial charge in [0, 0.05) is 16.2 Å². The van der Waals surface area contributed by atoms with Gasteiger partial charge < -0.3 is 4.74 Å². The van der Waals surface area contributed by atoms with Gasteiger partial charge in [-0.15, -0.1) is 0 Å². The van der Waals surface area contributed by atoms with Crippen LogP contribution >= 0.6 is 15.9 Å². The summed E-state index contributed by atoms with van der Waals surface area (Å²) >= 11 is 3.35. The Balaban J connectivity index is 2.36. The molecule has 0 spiro atoms. The maximum absolute atomic E-state index is 10.9. The molecule has 0 aliphatic heterocycles. The number of aryl methyl sites for hydroxylation is 2. The van der Waals surface area contributed by atoms with Crippen LogP contribution in [0.4, 0.5) is 5.69 Å². The predicted octanol–water partition coefficient (Wildman–Crippen LogP) is 4.16. The number of hydrogen-bond acceptors (Lipinski definition) is 4. The molecule has 2 aromatic rings. The third-order valence-electron chi connectivity index (χ3n) is 2.61. The number of halogens is 1. The van der Waals surface area contributed by atoms with Gasteiger partial charge in [-0.2, -0.15) is 0 Å². The van der Waals surface area contributed by atoms with Crippen LogP contribution in [0.5, 0.6) is 11.6 Å². The first-order valence-corrected chi connectivity index (χ1v) is 6.31. The molecule has 98 valence electrons. The van der Waals surface area contributed by atoms with Crippen LogP contribution in [-0.2, 0) is 0 Å². The first-order valence-electron chi connectivity index (χ1n) is 5.52. The number of rotatable bonds is 3. The van der Waals surface area contributed by atoms with Crippen molar-refractivity contribution >= 4 is 21.6 Å². The summed E-state index contributed by atoms with van der Waals surface area (Å²) in [5, 5.41) is 10.9. The van der Waals surface area contributed by atoms with E-state index in [4.69, 9.17) is 4.74 Å². The van der Waals surface area contributed by atoms with E-state index >= 15 is 0 Å². The van der Waals surface area contributed by atoms with Crippen LogP contribution in [0.25, 0.3) is 0 Å². The van der Waals surface area contributed by atoms with Crippen molar-refractivity contribution in [2.75, 3.05) is 0 Å². The molecule has 0 saturated carbocycles. The fraction of sp³-hybridized carbons (Fsp3) is 0.154. The standard InChI is InChI=1S/C13H11BrN2O3/c1-8-3-4-10(14)5-12(8)19-13-6-11(16(17)18)9(2)7-15-13/h3-7H,1-2H3. The zero-order valence-corrected chi connectivity index (χ0v) is 12.0. The van der Waals surface area contributed by atoms with Crippen LogP contribution in [-0.4, -0.2) is 9.91 Å². The third-order valence-corrected chi connectivity index (χ3v) is 3.10. The lowest BCUT2D eigenvalue weighted by Crippen LogP contribution is -1.96. The fourth-order valence-corrected chi connectivity index (χ4v) is 1.88. The predicted molar refractivity (Wildman–Crippen MR) is 74.6 cm³/mol. The highest BCUT2D eigenvalue weighted by atomic mass is 79.9. The summed E-state index contributed by atoms with van der Waals surface area (Å²) in [5.74, 6) is 0.818. The van der Waals surface area contributed by atoms with Gasteiger partial charge in [0.05, 0.1) is 11.0 Å². The summed E-state index contributed by atoms with van der Waals surface area (Å²) in [5.41, 5.74) is 1.43. The minimum atomic E-state index is -0.447. The summed E-state index contributed by atoms with van der Waals surface area (Å²) in [4.78, 5) is 14.5. The molecular weight excluding hydrogens is 312 g/mol. The van der Waals surface area contributed by atoms with Crippen molar-refractivity contribution < 1.29 is 9.66 Å². The number of hydrogen-bond donors (Lipinski definition) is 0. The van der Waals surface area contributed by atoms with Crippen molar-refractivity contribution in [1.82, 2.24) is 4.98 Å². The Bertz CT molecular complexity index is 644. The largest absolute Gasteiger partial charge is 0.438 e. The van der Waals surface area contributed by atoms with Crippen LogP contribution < -0.4 is 4.74 Å². The van der Waals surface area contributed by atoms with Gasteiger partial charge in [-0.25, -0.2) is 4.98 Å². The smallest absolute Gasteiger partial charge is 0.279 e. The Morgan fingerprint density at radius 3 is 2.68 bits per heavy atom. The second-order valence-corrected chi connectivity index (χ2v) is 4.99. The van der Waals surface area contributed by atoms with E-state index in [1.165, 1.54) is 12.3 Å². The van der Waals surface area contributed by atoms with E-state index < -0.39 is 4.92 Å². The first-order chi connectivity index (χ1) is 8.97. The lowest BCUT2D eigenvalue weighted by atomic mass is 10.2. The minimum absolute atomic E-state index is 0.00218. The quantitative estimate of drug-likeness (QED) is 0.628. The molecule has 2 rings (SSSR count). The maximum atomic E-state index is 10.9. The fourth-order valence-electron chi connectivity index (χ4n) is 1.54. The zero-order chi connectivity index (χ0) is 14.0. The summed E-state index contributed by atoms with van der Waals surface area (Å²) in [6.45, 7) is 3.53. The number of ether oxygens (including phenoxy) is 1. The number of nitrogens with zero attached hydrogens (tertiary/aromatic N) is 2. The van der Waals surface area contributed by atoms with Gasteiger partial charge in [0.1, 0.15) is 5.75 Å². The van der Waals surface area contributed by atoms with E-state index in [1.807, 2.05) is 19.1 Å². The van der Waals surface area contributed by atoms with Gasteiger partial charge in [-0.3, -0.25) is 10.1 Å². The molecule has 1 heterocycles. The van der Waals surface area contributed by atoms with Crippen LogP contribution in [0.1, 0.15) is 11.1 Å². The molecule has 0 radical (unpaired) electrons. The van der Waals surface area contributed by atoms with Crippen molar-refractivity contribution in [1.29, 1.82) is 0 Å². The van der Waals surface area contributed by atoms with Gasteiger partial charge >= 0.3 is 0 Å². The average molecular weight is 323 g/mol. The summed E-state index contributed by atoms with van der Waals surface area (Å²) in [6, 6.07) is 6.91. The SMILES string of the molecule is Cc1ccc(Br)cc1Oc1cc([N+](=O)[O-])c(C)cn1. The molecule has 0 fully saturated rings. The highest BCUT2D eigenvalue weighted by molar-refractivity contribution is 9.10. The average Bonchev–Trinajstić information content (AvgIpc) is 2.36. The molecule has 0 aliphatic carbocycles. The van der Waals surface area contributed by atoms with Gasteiger partial charge in [0.2, 0.25) is 5.88 Å². The molecule has 0 N–H and O–H groups in total. The van der Waals surface area contributed by atoms with E-state index in [9.17, 15) is 10.1 Å². The second kappa shape index (κ2) is 5.36. The molecule has 5 nitrogen and oxygen atoms in total. The lowest BCUT2D eigenvalue weighted by molar-refractivity contribution is -0.385. The Kier molecular flexibility index (Phi) is 3.80. The van der Waals surface area contributed by atoms with Gasteiger partial charge in [-0.1, -0.05) is 22.0 Å². The van der Waals surface area contributed by atoms with Crippen molar-refractivity contribution in [3.05, 3.63) is 56.2 Å². The van der Waals surface area contributed by atoms with Crippen LogP contribution in [0.2, 0.25) is 0 Å². The van der Waals surface area contributed by atoms with E-state index in [1.54, 1.807) is 13.0 Å². The van der Waals surface area contributed by atoms with Gasteiger partial charge in [-0.05, 0) is 31.5 Å². The van der Waals surface area contributed by atoms with E-state index in [2.05, 4.69) is 20.9 Å². The molecule has 0 atom stereocenters. The second-order valence-electron chi connectivity index (χ2n) is 4.08.